The number of nitrogens with zero attached hydrogens (tertiary/aromatic N) is 3. The van der Waals surface area contributed by atoms with Crippen molar-refractivity contribution in [2.24, 2.45) is 0 Å². The van der Waals surface area contributed by atoms with E-state index in [1.54, 1.807) is 18.3 Å². The van der Waals surface area contributed by atoms with Gasteiger partial charge in [0.1, 0.15) is 5.03 Å². The molecule has 1 aliphatic heterocycles. The SMILES string of the molecule is Cc1ncc(CO)c2c1Oc1nc(-c3ccc(Cl)cc3)nc(SCC(=O)Nc3ccc(C(C)C)cc3)c1C2. The Hall–Kier alpha value is -3.46. The number of nitrogens with one attached hydrogen (secondary N) is 1. The summed E-state index contributed by atoms with van der Waals surface area (Å²) in [7, 11) is 0. The summed E-state index contributed by atoms with van der Waals surface area (Å²) in [5.74, 6) is 1.94. The number of thioether (sulfide) groups is 1. The Morgan fingerprint density at radius 3 is 2.53 bits per heavy atom. The molecule has 0 radical (unpaired) electrons. The Morgan fingerprint density at radius 1 is 1.11 bits per heavy atom. The monoisotopic (exact) mass is 546 g/mol. The van der Waals surface area contributed by atoms with E-state index >= 15 is 0 Å². The van der Waals surface area contributed by atoms with Crippen molar-refractivity contribution < 1.29 is 14.6 Å². The summed E-state index contributed by atoms with van der Waals surface area (Å²) in [6.07, 6.45) is 2.13. The maximum Gasteiger partial charge on any atom is 0.234 e. The molecule has 4 aromatic rings. The smallest absolute Gasteiger partial charge is 0.234 e. The molecule has 0 aliphatic carbocycles. The number of carbonyl (C=O) groups is 1. The minimum atomic E-state index is -0.154. The van der Waals surface area contributed by atoms with E-state index in [1.807, 2.05) is 43.3 Å². The van der Waals surface area contributed by atoms with Gasteiger partial charge in [0, 0.05) is 40.0 Å². The number of aliphatic hydroxyl groups excluding tert-OH is 1. The Labute approximate surface area is 230 Å². The van der Waals surface area contributed by atoms with Crippen LogP contribution in [-0.2, 0) is 17.8 Å². The first-order valence-corrected chi connectivity index (χ1v) is 13.6. The van der Waals surface area contributed by atoms with Gasteiger partial charge < -0.3 is 15.2 Å². The molecule has 0 fully saturated rings. The molecule has 0 saturated carbocycles. The Morgan fingerprint density at radius 2 is 1.84 bits per heavy atom. The molecule has 0 bridgehead atoms. The number of amides is 1. The lowest BCUT2D eigenvalue weighted by atomic mass is 9.99. The Kier molecular flexibility index (Phi) is 7.65. The molecule has 0 atom stereocenters. The van der Waals surface area contributed by atoms with Gasteiger partial charge in [-0.25, -0.2) is 4.98 Å². The molecule has 9 heteroatoms. The first kappa shape index (κ1) is 26.2. The summed E-state index contributed by atoms with van der Waals surface area (Å²) in [6.45, 7) is 5.97. The summed E-state index contributed by atoms with van der Waals surface area (Å²) < 4.78 is 6.25. The number of ether oxygens (including phenoxy) is 1. The van der Waals surface area contributed by atoms with Gasteiger partial charge in [-0.05, 0) is 54.8 Å². The van der Waals surface area contributed by atoms with E-state index in [-0.39, 0.29) is 18.3 Å². The second-order valence-corrected chi connectivity index (χ2v) is 10.8. The average Bonchev–Trinajstić information content (AvgIpc) is 2.92. The Balaban J connectivity index is 1.44. The third-order valence-corrected chi connectivity index (χ3v) is 7.63. The second kappa shape index (κ2) is 11.1. The van der Waals surface area contributed by atoms with Gasteiger partial charge in [-0.15, -0.1) is 0 Å². The highest BCUT2D eigenvalue weighted by molar-refractivity contribution is 8.00. The van der Waals surface area contributed by atoms with Crippen molar-refractivity contribution in [2.75, 3.05) is 11.1 Å². The van der Waals surface area contributed by atoms with Crippen LogP contribution in [0.4, 0.5) is 5.69 Å². The van der Waals surface area contributed by atoms with E-state index in [9.17, 15) is 9.90 Å². The maximum atomic E-state index is 12.8. The van der Waals surface area contributed by atoms with Crippen molar-refractivity contribution in [2.45, 2.75) is 44.7 Å². The molecule has 38 heavy (non-hydrogen) atoms. The van der Waals surface area contributed by atoms with Gasteiger partial charge in [-0.3, -0.25) is 9.78 Å². The number of pyridine rings is 1. The third kappa shape index (κ3) is 5.53. The largest absolute Gasteiger partial charge is 0.436 e. The van der Waals surface area contributed by atoms with Crippen LogP contribution in [0, 0.1) is 6.92 Å². The molecule has 0 unspecified atom stereocenters. The summed E-state index contributed by atoms with van der Waals surface area (Å²) in [5.41, 5.74) is 5.78. The normalized spacial score (nSPS) is 12.1. The molecule has 1 amide bonds. The highest BCUT2D eigenvalue weighted by Crippen LogP contribution is 2.42. The number of fused-ring (bicyclic) bond motifs is 2. The number of aliphatic hydroxyl groups is 1. The van der Waals surface area contributed by atoms with Crippen LogP contribution in [-0.4, -0.2) is 31.7 Å². The second-order valence-electron chi connectivity index (χ2n) is 9.37. The predicted molar refractivity (Wildman–Crippen MR) is 150 cm³/mol. The highest BCUT2D eigenvalue weighted by Gasteiger charge is 2.28. The number of halogens is 1. The zero-order chi connectivity index (χ0) is 26.8. The van der Waals surface area contributed by atoms with Gasteiger partial charge in [0.25, 0.3) is 0 Å². The molecule has 2 aromatic carbocycles. The van der Waals surface area contributed by atoms with E-state index in [0.29, 0.717) is 51.1 Å². The molecule has 3 heterocycles. The summed E-state index contributed by atoms with van der Waals surface area (Å²) in [5, 5.41) is 14.1. The molecule has 2 N–H and O–H groups in total. The van der Waals surface area contributed by atoms with Crippen LogP contribution in [0.15, 0.2) is 59.8 Å². The highest BCUT2D eigenvalue weighted by atomic mass is 35.5. The lowest BCUT2D eigenvalue weighted by Crippen LogP contribution is -2.16. The molecular formula is C29H27ClN4O3S. The predicted octanol–water partition coefficient (Wildman–Crippen LogP) is 6.54. The van der Waals surface area contributed by atoms with Crippen LogP contribution in [0.2, 0.25) is 5.02 Å². The van der Waals surface area contributed by atoms with E-state index in [1.165, 1.54) is 17.3 Å². The number of aryl methyl sites for hydroxylation is 1. The van der Waals surface area contributed by atoms with Crippen LogP contribution in [0.1, 0.15) is 47.7 Å². The van der Waals surface area contributed by atoms with Crippen LogP contribution in [0.3, 0.4) is 0 Å². The number of hydrogen-bond donors (Lipinski definition) is 2. The number of benzene rings is 2. The maximum absolute atomic E-state index is 12.8. The molecule has 194 valence electrons. The fourth-order valence-corrected chi connectivity index (χ4v) is 5.17. The number of carbonyl (C=O) groups excluding carboxylic acids is 1. The molecular weight excluding hydrogens is 520 g/mol. The molecule has 2 aromatic heterocycles. The summed E-state index contributed by atoms with van der Waals surface area (Å²) in [6, 6.07) is 15.1. The van der Waals surface area contributed by atoms with Crippen molar-refractivity contribution in [3.63, 3.8) is 0 Å². The Bertz CT molecular complexity index is 1490. The molecule has 7 nitrogen and oxygen atoms in total. The molecule has 0 saturated heterocycles. The van der Waals surface area contributed by atoms with Crippen LogP contribution in [0.5, 0.6) is 11.6 Å². The van der Waals surface area contributed by atoms with Gasteiger partial charge in [0.05, 0.1) is 23.6 Å². The van der Waals surface area contributed by atoms with Gasteiger partial charge in [0.2, 0.25) is 11.8 Å². The van der Waals surface area contributed by atoms with Crippen LogP contribution >= 0.6 is 23.4 Å². The van der Waals surface area contributed by atoms with E-state index < -0.39 is 0 Å². The summed E-state index contributed by atoms with van der Waals surface area (Å²) >= 11 is 7.41. The fraction of sp³-hybridized carbons (Fsp3) is 0.241. The van der Waals surface area contributed by atoms with Crippen molar-refractivity contribution in [1.29, 1.82) is 0 Å². The third-order valence-electron chi connectivity index (χ3n) is 6.36. The zero-order valence-electron chi connectivity index (χ0n) is 21.3. The van der Waals surface area contributed by atoms with E-state index in [4.69, 9.17) is 26.3 Å². The fourth-order valence-electron chi connectivity index (χ4n) is 4.22. The summed E-state index contributed by atoms with van der Waals surface area (Å²) in [4.78, 5) is 26.7. The van der Waals surface area contributed by atoms with Crippen molar-refractivity contribution >= 4 is 35.0 Å². The lowest BCUT2D eigenvalue weighted by molar-refractivity contribution is -0.113. The van der Waals surface area contributed by atoms with Crippen LogP contribution < -0.4 is 10.1 Å². The average molecular weight is 547 g/mol. The van der Waals surface area contributed by atoms with Crippen LogP contribution in [0.25, 0.3) is 11.4 Å². The minimum absolute atomic E-state index is 0.138. The lowest BCUT2D eigenvalue weighted by Gasteiger charge is -2.24. The first-order valence-electron chi connectivity index (χ1n) is 12.3. The standard InChI is InChI=1S/C29H27ClN4O3S/c1-16(2)18-6-10-22(11-7-18)32-25(36)15-38-29-24-12-23-20(14-35)13-31-17(3)26(23)37-28(24)33-27(34-29)19-4-8-21(30)9-5-19/h4-11,13,16,35H,12,14-15H2,1-3H3,(H,32,36). The number of hydrogen-bond acceptors (Lipinski definition) is 7. The van der Waals surface area contributed by atoms with E-state index in [0.717, 1.165) is 22.4 Å². The number of rotatable bonds is 7. The minimum Gasteiger partial charge on any atom is -0.436 e. The van der Waals surface area contributed by atoms with E-state index in [2.05, 4.69) is 24.1 Å². The number of aromatic nitrogens is 3. The molecule has 0 spiro atoms. The van der Waals surface area contributed by atoms with Gasteiger partial charge >= 0.3 is 0 Å². The quantitative estimate of drug-likeness (QED) is 0.176. The van der Waals surface area contributed by atoms with Gasteiger partial charge in [-0.1, -0.05) is 49.3 Å². The van der Waals surface area contributed by atoms with Gasteiger partial charge in [0.15, 0.2) is 11.6 Å². The van der Waals surface area contributed by atoms with Crippen molar-refractivity contribution in [3.05, 3.63) is 87.7 Å². The molecule has 1 aliphatic rings. The first-order chi connectivity index (χ1) is 18.3. The van der Waals surface area contributed by atoms with Crippen molar-refractivity contribution in [1.82, 2.24) is 15.0 Å². The molecule has 5 rings (SSSR count). The topological polar surface area (TPSA) is 97.2 Å². The van der Waals surface area contributed by atoms with Gasteiger partial charge in [-0.2, -0.15) is 4.98 Å². The van der Waals surface area contributed by atoms with Crippen molar-refractivity contribution in [3.8, 4) is 23.0 Å². The zero-order valence-corrected chi connectivity index (χ0v) is 22.9. The number of anilines is 1.